The van der Waals surface area contributed by atoms with Crippen LogP contribution in [0, 0.1) is 6.92 Å². The van der Waals surface area contributed by atoms with E-state index < -0.39 is 0 Å². The highest BCUT2D eigenvalue weighted by atomic mass is 16.1. The van der Waals surface area contributed by atoms with Crippen molar-refractivity contribution >= 4 is 10.9 Å². The molecule has 36 heavy (non-hydrogen) atoms. The standard InChI is InChI=1S/C28H33N7O/c1-20-8-7-11-22-18-24(28(36)29-25(20)22)26(27-30-31-32-35(27)23-12-5-6-13-23)34-16-14-33(15-17-34)19-21-9-3-2-4-10-21/h2-4,7-11,18,23,26H,5-6,12-17,19H2,1H3,(H,29,36)/t26-/m0/s1. The van der Waals surface area contributed by atoms with Crippen LogP contribution in [0.5, 0.6) is 0 Å². The van der Waals surface area contributed by atoms with Gasteiger partial charge in [-0.05, 0) is 52.8 Å². The molecule has 0 amide bonds. The molecule has 0 bridgehead atoms. The molecule has 1 atom stereocenters. The van der Waals surface area contributed by atoms with Crippen LogP contribution in [0.4, 0.5) is 0 Å². The van der Waals surface area contributed by atoms with E-state index in [9.17, 15) is 4.79 Å². The zero-order chi connectivity index (χ0) is 24.5. The molecule has 1 saturated heterocycles. The number of hydrogen-bond acceptors (Lipinski definition) is 6. The van der Waals surface area contributed by atoms with Gasteiger partial charge in [0.05, 0.1) is 11.6 Å². The van der Waals surface area contributed by atoms with Gasteiger partial charge in [-0.25, -0.2) is 4.68 Å². The molecule has 1 aliphatic carbocycles. The van der Waals surface area contributed by atoms with Crippen LogP contribution in [0.1, 0.15) is 60.3 Å². The van der Waals surface area contributed by atoms with Gasteiger partial charge in [-0.15, -0.1) is 5.10 Å². The Hall–Kier alpha value is -3.36. The van der Waals surface area contributed by atoms with E-state index in [4.69, 9.17) is 0 Å². The van der Waals surface area contributed by atoms with Gasteiger partial charge in [-0.2, -0.15) is 0 Å². The predicted molar refractivity (Wildman–Crippen MR) is 140 cm³/mol. The third-order valence-corrected chi connectivity index (χ3v) is 7.87. The second-order valence-corrected chi connectivity index (χ2v) is 10.2. The quantitative estimate of drug-likeness (QED) is 0.449. The monoisotopic (exact) mass is 483 g/mol. The van der Waals surface area contributed by atoms with Gasteiger partial charge in [0.15, 0.2) is 5.82 Å². The summed E-state index contributed by atoms with van der Waals surface area (Å²) in [7, 11) is 0. The molecule has 0 unspecified atom stereocenters. The second-order valence-electron chi connectivity index (χ2n) is 10.2. The van der Waals surface area contributed by atoms with E-state index in [0.29, 0.717) is 6.04 Å². The fourth-order valence-electron chi connectivity index (χ4n) is 5.91. The summed E-state index contributed by atoms with van der Waals surface area (Å²) < 4.78 is 2.01. The van der Waals surface area contributed by atoms with Gasteiger partial charge in [-0.1, -0.05) is 61.4 Å². The Balaban J connectivity index is 1.35. The molecule has 8 heteroatoms. The van der Waals surface area contributed by atoms with Gasteiger partial charge in [0.1, 0.15) is 6.04 Å². The van der Waals surface area contributed by atoms with Gasteiger partial charge < -0.3 is 4.98 Å². The lowest BCUT2D eigenvalue weighted by Gasteiger charge is -2.39. The van der Waals surface area contributed by atoms with E-state index in [-0.39, 0.29) is 11.6 Å². The molecule has 2 aliphatic rings. The van der Waals surface area contributed by atoms with Crippen molar-refractivity contribution in [2.45, 2.75) is 51.2 Å². The molecule has 2 aromatic heterocycles. The first-order valence-electron chi connectivity index (χ1n) is 13.1. The second kappa shape index (κ2) is 9.95. The van der Waals surface area contributed by atoms with Crippen molar-refractivity contribution in [3.8, 4) is 0 Å². The molecular formula is C28H33N7O. The van der Waals surface area contributed by atoms with Crippen molar-refractivity contribution in [2.24, 2.45) is 0 Å². The van der Waals surface area contributed by atoms with Crippen molar-refractivity contribution < 1.29 is 0 Å². The maximum absolute atomic E-state index is 13.5. The fourth-order valence-corrected chi connectivity index (χ4v) is 5.91. The number of hydrogen-bond donors (Lipinski definition) is 1. The Labute approximate surface area is 210 Å². The van der Waals surface area contributed by atoms with Gasteiger partial charge >= 0.3 is 0 Å². The minimum Gasteiger partial charge on any atom is -0.321 e. The minimum atomic E-state index is -0.284. The zero-order valence-corrected chi connectivity index (χ0v) is 20.8. The molecule has 4 aromatic rings. The summed E-state index contributed by atoms with van der Waals surface area (Å²) in [5.74, 6) is 0.788. The molecule has 186 valence electrons. The Kier molecular flexibility index (Phi) is 6.37. The molecule has 6 rings (SSSR count). The summed E-state index contributed by atoms with van der Waals surface area (Å²) >= 11 is 0. The summed E-state index contributed by atoms with van der Waals surface area (Å²) in [4.78, 5) is 21.6. The fraction of sp³-hybridized carbons (Fsp3) is 0.429. The SMILES string of the molecule is Cc1cccc2cc([C@@H](c3nnnn3C3CCCC3)N3CCN(Cc4ccccc4)CC3)c(=O)[nH]c12. The molecule has 8 nitrogen and oxygen atoms in total. The summed E-state index contributed by atoms with van der Waals surface area (Å²) in [5.41, 5.74) is 3.95. The highest BCUT2D eigenvalue weighted by Gasteiger charge is 2.34. The highest BCUT2D eigenvalue weighted by Crippen LogP contribution is 2.34. The molecule has 1 N–H and O–H groups in total. The number of piperazine rings is 1. The Morgan fingerprint density at radius 3 is 2.56 bits per heavy atom. The van der Waals surface area contributed by atoms with E-state index in [2.05, 4.69) is 72.8 Å². The number of rotatable bonds is 6. The molecule has 2 aromatic carbocycles. The number of H-pyrrole nitrogens is 1. The molecule has 1 saturated carbocycles. The van der Waals surface area contributed by atoms with Crippen molar-refractivity contribution in [3.63, 3.8) is 0 Å². The van der Waals surface area contributed by atoms with Crippen LogP contribution in [-0.4, -0.2) is 61.2 Å². The Bertz CT molecular complexity index is 1380. The number of fused-ring (bicyclic) bond motifs is 1. The first-order chi connectivity index (χ1) is 17.7. The van der Waals surface area contributed by atoms with Gasteiger partial charge in [0.25, 0.3) is 5.56 Å². The summed E-state index contributed by atoms with van der Waals surface area (Å²) in [6, 6.07) is 18.8. The number of benzene rings is 2. The zero-order valence-electron chi connectivity index (χ0n) is 20.8. The Morgan fingerprint density at radius 2 is 1.78 bits per heavy atom. The van der Waals surface area contributed by atoms with Gasteiger partial charge in [0, 0.05) is 38.3 Å². The number of pyridine rings is 1. The van der Waals surface area contributed by atoms with E-state index >= 15 is 0 Å². The number of nitrogens with one attached hydrogen (secondary N) is 1. The summed E-state index contributed by atoms with van der Waals surface area (Å²) in [6.45, 7) is 6.53. The maximum Gasteiger partial charge on any atom is 0.253 e. The molecule has 0 spiro atoms. The van der Waals surface area contributed by atoms with E-state index in [1.165, 1.54) is 18.4 Å². The molecule has 2 fully saturated rings. The lowest BCUT2D eigenvalue weighted by Crippen LogP contribution is -2.48. The van der Waals surface area contributed by atoms with Gasteiger partial charge in [-0.3, -0.25) is 14.6 Å². The van der Waals surface area contributed by atoms with Crippen molar-refractivity contribution in [2.75, 3.05) is 26.2 Å². The molecule has 3 heterocycles. The van der Waals surface area contributed by atoms with Crippen LogP contribution < -0.4 is 5.56 Å². The van der Waals surface area contributed by atoms with Crippen LogP contribution >= 0.6 is 0 Å². The van der Waals surface area contributed by atoms with Crippen LogP contribution in [0.15, 0.2) is 59.4 Å². The normalized spacial score (nSPS) is 18.7. The lowest BCUT2D eigenvalue weighted by atomic mass is 10.0. The van der Waals surface area contributed by atoms with Crippen LogP contribution in [0.2, 0.25) is 0 Å². The maximum atomic E-state index is 13.5. The van der Waals surface area contributed by atoms with Crippen molar-refractivity contribution in [3.05, 3.63) is 87.5 Å². The smallest absolute Gasteiger partial charge is 0.253 e. The van der Waals surface area contributed by atoms with Crippen LogP contribution in [-0.2, 0) is 6.54 Å². The number of para-hydroxylation sites is 1. The summed E-state index contributed by atoms with van der Waals surface area (Å²) in [5, 5.41) is 14.1. The highest BCUT2D eigenvalue weighted by molar-refractivity contribution is 5.82. The van der Waals surface area contributed by atoms with Gasteiger partial charge in [0.2, 0.25) is 0 Å². The average molecular weight is 484 g/mol. The average Bonchev–Trinajstić information content (AvgIpc) is 3.59. The first-order valence-corrected chi connectivity index (χ1v) is 13.1. The van der Waals surface area contributed by atoms with Crippen LogP contribution in [0.3, 0.4) is 0 Å². The number of nitrogens with zero attached hydrogens (tertiary/aromatic N) is 6. The topological polar surface area (TPSA) is 82.9 Å². The first kappa shape index (κ1) is 23.1. The summed E-state index contributed by atoms with van der Waals surface area (Å²) in [6.07, 6.45) is 4.57. The lowest BCUT2D eigenvalue weighted by molar-refractivity contribution is 0.0989. The Morgan fingerprint density at radius 1 is 1.00 bits per heavy atom. The molecular weight excluding hydrogens is 450 g/mol. The third-order valence-electron chi connectivity index (χ3n) is 7.87. The number of aromatic amines is 1. The van der Waals surface area contributed by atoms with Crippen LogP contribution in [0.25, 0.3) is 10.9 Å². The third kappa shape index (κ3) is 4.47. The number of tetrazole rings is 1. The van der Waals surface area contributed by atoms with Crippen molar-refractivity contribution in [1.29, 1.82) is 0 Å². The van der Waals surface area contributed by atoms with E-state index in [1.807, 2.05) is 23.7 Å². The number of aromatic nitrogens is 5. The molecule has 0 radical (unpaired) electrons. The molecule has 1 aliphatic heterocycles. The minimum absolute atomic E-state index is 0.0607. The largest absolute Gasteiger partial charge is 0.321 e. The van der Waals surface area contributed by atoms with E-state index in [0.717, 1.165) is 73.4 Å². The van der Waals surface area contributed by atoms with Crippen molar-refractivity contribution in [1.82, 2.24) is 35.0 Å². The van der Waals surface area contributed by atoms with E-state index in [1.54, 1.807) is 0 Å². The number of aryl methyl sites for hydroxylation is 1. The predicted octanol–water partition coefficient (Wildman–Crippen LogP) is 3.85.